The van der Waals surface area contributed by atoms with Crippen LogP contribution in [0.2, 0.25) is 0 Å². The highest BCUT2D eigenvalue weighted by molar-refractivity contribution is 5.68. The summed E-state index contributed by atoms with van der Waals surface area (Å²) in [7, 11) is 0. The number of rotatable bonds is 2. The van der Waals surface area contributed by atoms with E-state index in [0.29, 0.717) is 6.04 Å². The lowest BCUT2D eigenvalue weighted by molar-refractivity contribution is 0.00906. The highest BCUT2D eigenvalue weighted by atomic mass is 16.6. The van der Waals surface area contributed by atoms with Gasteiger partial charge in [-0.2, -0.15) is 0 Å². The highest BCUT2D eigenvalue weighted by Crippen LogP contribution is 2.28. The van der Waals surface area contributed by atoms with Crippen molar-refractivity contribution in [1.29, 1.82) is 0 Å². The van der Waals surface area contributed by atoms with Gasteiger partial charge in [-0.1, -0.05) is 6.42 Å². The van der Waals surface area contributed by atoms with E-state index in [1.165, 1.54) is 45.2 Å². The van der Waals surface area contributed by atoms with Crippen molar-refractivity contribution in [1.82, 2.24) is 10.2 Å². The van der Waals surface area contributed by atoms with Gasteiger partial charge >= 0.3 is 6.09 Å². The van der Waals surface area contributed by atoms with Crippen molar-refractivity contribution in [2.75, 3.05) is 13.1 Å². The molecule has 4 heteroatoms. The lowest BCUT2D eigenvalue weighted by Gasteiger charge is -2.37. The standard InChI is InChI=1S/C15H28N2O2/c1-15(2,3)16-14(18)19-13-9-5-4-8-12(13)17-10-6-7-11-17/h12-13H,4-11H2,1-3H3,(H,16,18). The minimum atomic E-state index is -0.261. The van der Waals surface area contributed by atoms with E-state index in [-0.39, 0.29) is 17.7 Å². The second kappa shape index (κ2) is 6.12. The zero-order valence-corrected chi connectivity index (χ0v) is 12.6. The van der Waals surface area contributed by atoms with E-state index in [1.54, 1.807) is 0 Å². The third-order valence-corrected chi connectivity index (χ3v) is 4.01. The number of hydrogen-bond acceptors (Lipinski definition) is 3. The number of amides is 1. The van der Waals surface area contributed by atoms with Gasteiger partial charge in [0, 0.05) is 11.6 Å². The third kappa shape index (κ3) is 4.37. The van der Waals surface area contributed by atoms with Gasteiger partial charge in [0.2, 0.25) is 0 Å². The number of nitrogens with zero attached hydrogens (tertiary/aromatic N) is 1. The molecule has 2 unspecified atom stereocenters. The van der Waals surface area contributed by atoms with Gasteiger partial charge in [-0.15, -0.1) is 0 Å². The molecule has 0 aromatic carbocycles. The average molecular weight is 268 g/mol. The molecule has 0 aromatic heterocycles. The molecule has 0 spiro atoms. The summed E-state index contributed by atoms with van der Waals surface area (Å²) in [5.41, 5.74) is -0.227. The number of hydrogen-bond donors (Lipinski definition) is 1. The summed E-state index contributed by atoms with van der Waals surface area (Å²) in [6.45, 7) is 8.28. The molecule has 110 valence electrons. The van der Waals surface area contributed by atoms with E-state index in [4.69, 9.17) is 4.74 Å². The Bertz CT molecular complexity index is 306. The smallest absolute Gasteiger partial charge is 0.407 e. The number of carbonyl (C=O) groups is 1. The Labute approximate surface area is 116 Å². The topological polar surface area (TPSA) is 41.6 Å². The summed E-state index contributed by atoms with van der Waals surface area (Å²) in [5, 5.41) is 2.90. The van der Waals surface area contributed by atoms with Crippen LogP contribution >= 0.6 is 0 Å². The lowest BCUT2D eigenvalue weighted by atomic mass is 9.91. The van der Waals surface area contributed by atoms with Crippen LogP contribution in [0.1, 0.15) is 59.3 Å². The van der Waals surface area contributed by atoms with E-state index >= 15 is 0 Å². The normalized spacial score (nSPS) is 29.2. The summed E-state index contributed by atoms with van der Waals surface area (Å²) in [4.78, 5) is 14.5. The minimum Gasteiger partial charge on any atom is -0.445 e. The molecule has 4 nitrogen and oxygen atoms in total. The van der Waals surface area contributed by atoms with Crippen molar-refractivity contribution in [3.63, 3.8) is 0 Å². The summed E-state index contributed by atoms with van der Waals surface area (Å²) in [6.07, 6.45) is 7.03. The number of nitrogens with one attached hydrogen (secondary N) is 1. The fourth-order valence-electron chi connectivity index (χ4n) is 3.18. The first-order valence-corrected chi connectivity index (χ1v) is 7.68. The molecule has 1 aliphatic carbocycles. The van der Waals surface area contributed by atoms with Crippen molar-refractivity contribution < 1.29 is 9.53 Å². The number of likely N-dealkylation sites (tertiary alicyclic amines) is 1. The molecule has 2 fully saturated rings. The van der Waals surface area contributed by atoms with Crippen molar-refractivity contribution in [2.24, 2.45) is 0 Å². The van der Waals surface area contributed by atoms with Crippen molar-refractivity contribution >= 4 is 6.09 Å². The molecule has 0 radical (unpaired) electrons. The number of ether oxygens (including phenoxy) is 1. The first-order chi connectivity index (χ1) is 8.96. The van der Waals surface area contributed by atoms with Gasteiger partial charge in [-0.05, 0) is 66.0 Å². The average Bonchev–Trinajstić information content (AvgIpc) is 2.80. The van der Waals surface area contributed by atoms with Crippen LogP contribution in [0.4, 0.5) is 4.79 Å². The molecule has 2 atom stereocenters. The molecule has 0 aromatic rings. The van der Waals surface area contributed by atoms with E-state index < -0.39 is 0 Å². The molecule has 1 aliphatic heterocycles. The largest absolute Gasteiger partial charge is 0.445 e. The molecule has 1 saturated heterocycles. The molecule has 2 rings (SSSR count). The van der Waals surface area contributed by atoms with Crippen LogP contribution in [-0.4, -0.2) is 41.8 Å². The monoisotopic (exact) mass is 268 g/mol. The van der Waals surface area contributed by atoms with Crippen LogP contribution in [0.25, 0.3) is 0 Å². The van der Waals surface area contributed by atoms with Gasteiger partial charge in [0.1, 0.15) is 6.10 Å². The Balaban J connectivity index is 1.90. The van der Waals surface area contributed by atoms with E-state index in [1.807, 2.05) is 20.8 Å². The Kier molecular flexibility index (Phi) is 4.71. The van der Waals surface area contributed by atoms with Gasteiger partial charge in [-0.25, -0.2) is 4.79 Å². The zero-order chi connectivity index (χ0) is 13.9. The van der Waals surface area contributed by atoms with Crippen molar-refractivity contribution in [3.05, 3.63) is 0 Å². The first kappa shape index (κ1) is 14.6. The van der Waals surface area contributed by atoms with Gasteiger partial charge in [-0.3, -0.25) is 4.90 Å². The van der Waals surface area contributed by atoms with Crippen LogP contribution < -0.4 is 5.32 Å². The van der Waals surface area contributed by atoms with Crippen LogP contribution in [0, 0.1) is 0 Å². The Hall–Kier alpha value is -0.770. The third-order valence-electron chi connectivity index (χ3n) is 4.01. The SMILES string of the molecule is CC(C)(C)NC(=O)OC1CCCCC1N1CCCC1. The first-order valence-electron chi connectivity index (χ1n) is 7.68. The van der Waals surface area contributed by atoms with Gasteiger partial charge in [0.15, 0.2) is 0 Å². The predicted octanol–water partition coefficient (Wildman–Crippen LogP) is 2.92. The van der Waals surface area contributed by atoms with Crippen molar-refractivity contribution in [3.8, 4) is 0 Å². The quantitative estimate of drug-likeness (QED) is 0.837. The summed E-state index contributed by atoms with van der Waals surface area (Å²) < 4.78 is 5.70. The second-order valence-corrected chi connectivity index (χ2v) is 6.91. The highest BCUT2D eigenvalue weighted by Gasteiger charge is 2.34. The van der Waals surface area contributed by atoms with Gasteiger partial charge in [0.25, 0.3) is 0 Å². The number of alkyl carbamates (subject to hydrolysis) is 1. The zero-order valence-electron chi connectivity index (χ0n) is 12.6. The Morgan fingerprint density at radius 1 is 1.11 bits per heavy atom. The number of carbonyl (C=O) groups excluding carboxylic acids is 1. The Morgan fingerprint density at radius 3 is 2.37 bits per heavy atom. The summed E-state index contributed by atoms with van der Waals surface area (Å²) in [6, 6.07) is 0.446. The van der Waals surface area contributed by atoms with Crippen LogP contribution in [0.3, 0.4) is 0 Å². The van der Waals surface area contributed by atoms with Crippen LogP contribution in [0.15, 0.2) is 0 Å². The molecule has 1 saturated carbocycles. The summed E-state index contributed by atoms with van der Waals surface area (Å²) in [5.74, 6) is 0. The molecule has 19 heavy (non-hydrogen) atoms. The molecular weight excluding hydrogens is 240 g/mol. The fraction of sp³-hybridized carbons (Fsp3) is 0.933. The maximum atomic E-state index is 11.9. The maximum Gasteiger partial charge on any atom is 0.407 e. The fourth-order valence-corrected chi connectivity index (χ4v) is 3.18. The molecule has 1 heterocycles. The molecular formula is C15H28N2O2. The molecule has 0 bridgehead atoms. The maximum absolute atomic E-state index is 11.9. The molecule has 1 N–H and O–H groups in total. The van der Waals surface area contributed by atoms with E-state index in [0.717, 1.165) is 6.42 Å². The summed E-state index contributed by atoms with van der Waals surface area (Å²) >= 11 is 0. The van der Waals surface area contributed by atoms with Crippen LogP contribution in [0.5, 0.6) is 0 Å². The van der Waals surface area contributed by atoms with Gasteiger partial charge < -0.3 is 10.1 Å². The van der Waals surface area contributed by atoms with Crippen LogP contribution in [-0.2, 0) is 4.74 Å². The lowest BCUT2D eigenvalue weighted by Crippen LogP contribution is -2.49. The predicted molar refractivity (Wildman–Crippen MR) is 76.2 cm³/mol. The van der Waals surface area contributed by atoms with Gasteiger partial charge in [0.05, 0.1) is 0 Å². The minimum absolute atomic E-state index is 0.0780. The second-order valence-electron chi connectivity index (χ2n) is 6.91. The Morgan fingerprint density at radius 2 is 1.74 bits per heavy atom. The van der Waals surface area contributed by atoms with Crippen molar-refractivity contribution in [2.45, 2.75) is 77.0 Å². The molecule has 2 aliphatic rings. The van der Waals surface area contributed by atoms with E-state index in [9.17, 15) is 4.79 Å². The molecule has 1 amide bonds. The van der Waals surface area contributed by atoms with E-state index in [2.05, 4.69) is 10.2 Å².